The highest BCUT2D eigenvalue weighted by Gasteiger charge is 2.45. The van der Waals surface area contributed by atoms with Gasteiger partial charge < -0.3 is 29.0 Å². The van der Waals surface area contributed by atoms with Gasteiger partial charge in [0.25, 0.3) is 11.5 Å². The zero-order chi connectivity index (χ0) is 30.8. The number of halogens is 3. The molecule has 1 aliphatic rings. The Morgan fingerprint density at radius 3 is 2.43 bits per heavy atom. The maximum atomic E-state index is 15.5. The molecule has 2 aromatic carbocycles. The summed E-state index contributed by atoms with van der Waals surface area (Å²) in [6.07, 6.45) is -2.11. The summed E-state index contributed by atoms with van der Waals surface area (Å²) in [7, 11) is 5.33. The molecule has 2 unspecified atom stereocenters. The Morgan fingerprint density at radius 1 is 1.14 bits per heavy atom. The Bertz CT molecular complexity index is 1500. The zero-order valence-corrected chi connectivity index (χ0v) is 24.6. The topological polar surface area (TPSA) is 99.1 Å². The van der Waals surface area contributed by atoms with Crippen molar-refractivity contribution >= 4 is 32.0 Å². The second-order valence-corrected chi connectivity index (χ2v) is 10.6. The van der Waals surface area contributed by atoms with E-state index in [4.69, 9.17) is 9.47 Å². The Labute approximate surface area is 242 Å². The number of methoxy groups -OCH3 is 2. The molecule has 0 saturated carbocycles. The van der Waals surface area contributed by atoms with E-state index in [9.17, 15) is 23.2 Å². The number of nitrogens with zero attached hydrogens (tertiary/aromatic N) is 2. The smallest absolute Gasteiger partial charge is 0.394 e. The minimum Gasteiger partial charge on any atom is -0.497 e. The molecule has 4 atom stereocenters. The van der Waals surface area contributed by atoms with Gasteiger partial charge in [0.15, 0.2) is 0 Å². The summed E-state index contributed by atoms with van der Waals surface area (Å²) in [6, 6.07) is 9.54. The van der Waals surface area contributed by atoms with Crippen molar-refractivity contribution in [3.63, 3.8) is 0 Å². The van der Waals surface area contributed by atoms with Crippen LogP contribution >= 0.6 is 9.24 Å². The third-order valence-electron chi connectivity index (χ3n) is 6.90. The first-order chi connectivity index (χ1) is 19.8. The van der Waals surface area contributed by atoms with E-state index in [1.54, 1.807) is 25.3 Å². The molecule has 0 radical (unpaired) electrons. The number of amides is 2. The van der Waals surface area contributed by atoms with Crippen LogP contribution in [0.5, 0.6) is 11.5 Å². The third-order valence-corrected chi connectivity index (χ3v) is 7.38. The fourth-order valence-corrected chi connectivity index (χ4v) is 5.34. The molecule has 0 aliphatic carbocycles. The Hall–Kier alpha value is -3.89. The van der Waals surface area contributed by atoms with Gasteiger partial charge in [-0.05, 0) is 54.7 Å². The number of rotatable bonds is 10. The summed E-state index contributed by atoms with van der Waals surface area (Å²) >= 11 is 0. The van der Waals surface area contributed by atoms with Crippen LogP contribution < -0.4 is 30.6 Å². The van der Waals surface area contributed by atoms with Crippen LogP contribution in [0.2, 0.25) is 0 Å². The number of nitrogens with one attached hydrogen (secondary N) is 1. The molecule has 3 aromatic rings. The van der Waals surface area contributed by atoms with Gasteiger partial charge in [-0.25, -0.2) is 4.39 Å². The number of pyridine rings is 1. The number of hydrogen-bond donors (Lipinski definition) is 1. The summed E-state index contributed by atoms with van der Waals surface area (Å²) in [6.45, 7) is 2.51. The molecular formula is C29H31F3N3O6P. The molecule has 1 aromatic heterocycles. The van der Waals surface area contributed by atoms with Crippen molar-refractivity contribution in [2.24, 2.45) is 0 Å². The zero-order valence-electron chi connectivity index (χ0n) is 23.4. The highest BCUT2D eigenvalue weighted by atomic mass is 31.0. The summed E-state index contributed by atoms with van der Waals surface area (Å²) in [5.41, 5.74) is -0.178. The number of anilines is 1. The van der Waals surface area contributed by atoms with Gasteiger partial charge in [0, 0.05) is 49.9 Å². The molecule has 0 spiro atoms. The first-order valence-corrected chi connectivity index (χ1v) is 13.5. The van der Waals surface area contributed by atoms with Crippen LogP contribution in [0, 0.1) is 5.82 Å². The van der Waals surface area contributed by atoms with Crippen molar-refractivity contribution < 1.29 is 37.0 Å². The molecule has 1 N–H and O–H groups in total. The van der Waals surface area contributed by atoms with Gasteiger partial charge in [0.1, 0.15) is 29.0 Å². The highest BCUT2D eigenvalue weighted by Crippen LogP contribution is 2.34. The lowest BCUT2D eigenvalue weighted by Gasteiger charge is -2.21. The second kappa shape index (κ2) is 12.5. The fourth-order valence-electron chi connectivity index (χ4n) is 4.82. The number of benzene rings is 2. The van der Waals surface area contributed by atoms with Crippen LogP contribution in [0.3, 0.4) is 0 Å². The molecule has 1 saturated heterocycles. The number of alkyl halides is 2. The van der Waals surface area contributed by atoms with Crippen molar-refractivity contribution in [2.45, 2.75) is 44.6 Å². The Morgan fingerprint density at radius 2 is 1.83 bits per heavy atom. The molecular weight excluding hydrogens is 574 g/mol. The first kappa shape index (κ1) is 31.1. The van der Waals surface area contributed by atoms with Crippen molar-refractivity contribution in [3.8, 4) is 11.5 Å². The number of aromatic nitrogens is 1. The van der Waals surface area contributed by atoms with Crippen molar-refractivity contribution in [3.05, 3.63) is 82.0 Å². The minimum atomic E-state index is -3.41. The maximum Gasteiger partial charge on any atom is 0.394 e. The largest absolute Gasteiger partial charge is 0.497 e. The van der Waals surface area contributed by atoms with E-state index in [0.717, 1.165) is 0 Å². The molecule has 13 heteroatoms. The van der Waals surface area contributed by atoms with E-state index in [2.05, 4.69) is 19.3 Å². The highest BCUT2D eigenvalue weighted by molar-refractivity contribution is 7.27. The van der Waals surface area contributed by atoms with E-state index >= 15 is 4.39 Å². The monoisotopic (exact) mass is 605 g/mol. The third kappa shape index (κ3) is 6.77. The van der Waals surface area contributed by atoms with Gasteiger partial charge in [0.2, 0.25) is 5.91 Å². The summed E-state index contributed by atoms with van der Waals surface area (Å²) < 4.78 is 58.2. The molecule has 2 amide bonds. The van der Waals surface area contributed by atoms with E-state index in [1.807, 2.05) is 0 Å². The van der Waals surface area contributed by atoms with Gasteiger partial charge in [0.05, 0.1) is 19.8 Å². The standard InChI is InChI=1S/C29H31F3N3O6P/c1-16(39-3)14-34-11-5-6-22(27(34)37)35-15-20(24-21(30)12-19(40-4)13-23(24)42)25(28(35)38)33-26(36)17-7-9-18(10-8-17)41-29(2,31)32/h5-13,16,20,25H,14-15,42H2,1-4H3,(H,33,36)/t16?,20-,25-/m0/s1. The Kier molecular flexibility index (Phi) is 9.27. The normalized spacial score (nSPS) is 17.7. The maximum absolute atomic E-state index is 15.5. The SMILES string of the molecule is COc1cc(F)c([C@@H]2CN(c3cccn(CC(C)OC)c3=O)C(=O)[C@H]2NC(=O)c2ccc(OC(C)(F)F)cc2)c(P)c1. The van der Waals surface area contributed by atoms with Crippen molar-refractivity contribution in [1.82, 2.24) is 9.88 Å². The van der Waals surface area contributed by atoms with Gasteiger partial charge in [-0.15, -0.1) is 9.24 Å². The number of carbonyl (C=O) groups is 2. The molecule has 9 nitrogen and oxygen atoms in total. The molecule has 42 heavy (non-hydrogen) atoms. The number of hydrogen-bond acceptors (Lipinski definition) is 6. The molecule has 2 heterocycles. The van der Waals surface area contributed by atoms with Crippen LogP contribution in [0.25, 0.3) is 0 Å². The minimum absolute atomic E-state index is 0.0590. The van der Waals surface area contributed by atoms with Crippen LogP contribution in [-0.2, 0) is 16.1 Å². The summed E-state index contributed by atoms with van der Waals surface area (Å²) in [5, 5.41) is 3.07. The van der Waals surface area contributed by atoms with Crippen LogP contribution in [0.15, 0.2) is 59.5 Å². The van der Waals surface area contributed by atoms with E-state index in [-0.39, 0.29) is 47.5 Å². The van der Waals surface area contributed by atoms with Gasteiger partial charge in [-0.2, -0.15) is 8.78 Å². The lowest BCUT2D eigenvalue weighted by Crippen LogP contribution is -2.45. The lowest BCUT2D eigenvalue weighted by atomic mass is 9.93. The van der Waals surface area contributed by atoms with Crippen molar-refractivity contribution in [1.29, 1.82) is 0 Å². The van der Waals surface area contributed by atoms with Gasteiger partial charge in [-0.1, -0.05) is 0 Å². The average Bonchev–Trinajstić information content (AvgIpc) is 3.23. The fraction of sp³-hybridized carbons (Fsp3) is 0.345. The number of carbonyl (C=O) groups excluding carboxylic acids is 2. The van der Waals surface area contributed by atoms with E-state index in [0.29, 0.717) is 12.2 Å². The van der Waals surface area contributed by atoms with E-state index in [1.165, 1.54) is 60.1 Å². The van der Waals surface area contributed by atoms with Crippen LogP contribution in [0.4, 0.5) is 18.9 Å². The van der Waals surface area contributed by atoms with Crippen molar-refractivity contribution in [2.75, 3.05) is 25.7 Å². The molecule has 4 rings (SSSR count). The molecule has 0 bridgehead atoms. The summed E-state index contributed by atoms with van der Waals surface area (Å²) in [4.78, 5) is 41.7. The molecule has 1 fully saturated rings. The number of ether oxygens (including phenoxy) is 3. The summed E-state index contributed by atoms with van der Waals surface area (Å²) in [5.74, 6) is -2.76. The lowest BCUT2D eigenvalue weighted by molar-refractivity contribution is -0.158. The van der Waals surface area contributed by atoms with Crippen LogP contribution in [0.1, 0.15) is 35.7 Å². The van der Waals surface area contributed by atoms with E-state index < -0.39 is 41.3 Å². The van der Waals surface area contributed by atoms with Crippen LogP contribution in [-0.4, -0.2) is 55.4 Å². The average molecular weight is 606 g/mol. The molecule has 224 valence electrons. The Balaban J connectivity index is 1.71. The van der Waals surface area contributed by atoms with Gasteiger partial charge in [-0.3, -0.25) is 14.4 Å². The predicted octanol–water partition coefficient (Wildman–Crippen LogP) is 3.45. The molecule has 1 aliphatic heterocycles. The quantitative estimate of drug-likeness (QED) is 0.356. The van der Waals surface area contributed by atoms with Gasteiger partial charge >= 0.3 is 6.11 Å². The predicted molar refractivity (Wildman–Crippen MR) is 154 cm³/mol. The second-order valence-electron chi connectivity index (χ2n) is 9.95. The first-order valence-electron chi connectivity index (χ1n) is 13.0.